The molecule has 0 aromatic rings. The molecule has 0 saturated carbocycles. The molecular weight excluding hydrogens is 178 g/mol. The lowest BCUT2D eigenvalue weighted by atomic mass is 10.2. The molecule has 2 aliphatic rings. The molecule has 3 nitrogen and oxygen atoms in total. The van der Waals surface area contributed by atoms with Crippen LogP contribution in [-0.4, -0.2) is 36.6 Å². The molecule has 0 radical (unpaired) electrons. The molecule has 0 N–H and O–H groups in total. The summed E-state index contributed by atoms with van der Waals surface area (Å²) in [6.45, 7) is 4.90. The van der Waals surface area contributed by atoms with Crippen molar-refractivity contribution in [1.82, 2.24) is 4.90 Å². The Hall–Kier alpha value is -0.830. The van der Waals surface area contributed by atoms with Crippen LogP contribution in [0.2, 0.25) is 0 Å². The fourth-order valence-electron chi connectivity index (χ4n) is 2.35. The molecule has 0 spiro atoms. The van der Waals surface area contributed by atoms with E-state index >= 15 is 0 Å². The zero-order chi connectivity index (χ0) is 10.3. The molecule has 0 aromatic heterocycles. The van der Waals surface area contributed by atoms with Gasteiger partial charge in [0.15, 0.2) is 0 Å². The van der Waals surface area contributed by atoms with E-state index in [1.54, 1.807) is 7.11 Å². The highest BCUT2D eigenvalue weighted by Crippen LogP contribution is 2.35. The number of rotatable bonds is 2. The summed E-state index contributed by atoms with van der Waals surface area (Å²) >= 11 is 0. The fraction of sp³-hybridized carbons (Fsp3) is 0.727. The summed E-state index contributed by atoms with van der Waals surface area (Å²) in [4.78, 5) is 13.8. The highest BCUT2D eigenvalue weighted by Gasteiger charge is 2.38. The van der Waals surface area contributed by atoms with Crippen LogP contribution >= 0.6 is 0 Å². The molecule has 0 fully saturated rings. The summed E-state index contributed by atoms with van der Waals surface area (Å²) in [7, 11) is 1.73. The maximum Gasteiger partial charge on any atom is 0.250 e. The molecule has 0 bridgehead atoms. The highest BCUT2D eigenvalue weighted by atomic mass is 16.5. The summed E-state index contributed by atoms with van der Waals surface area (Å²) in [5.41, 5.74) is 2.25. The second-order valence-electron chi connectivity index (χ2n) is 4.29. The Morgan fingerprint density at radius 1 is 1.50 bits per heavy atom. The minimum atomic E-state index is 0.192. The normalized spacial score (nSPS) is 26.7. The van der Waals surface area contributed by atoms with E-state index < -0.39 is 0 Å². The Labute approximate surface area is 84.7 Å². The average molecular weight is 195 g/mol. The van der Waals surface area contributed by atoms with Crippen molar-refractivity contribution in [2.45, 2.75) is 38.8 Å². The number of methoxy groups -OCH3 is 1. The molecule has 1 aliphatic carbocycles. The van der Waals surface area contributed by atoms with Crippen LogP contribution in [-0.2, 0) is 9.53 Å². The van der Waals surface area contributed by atoms with Gasteiger partial charge >= 0.3 is 0 Å². The van der Waals surface area contributed by atoms with Crippen molar-refractivity contribution in [2.24, 2.45) is 0 Å². The predicted octanol–water partition coefficient (Wildman–Crippen LogP) is 1.34. The maximum absolute atomic E-state index is 11.9. The molecule has 1 unspecified atom stereocenters. The van der Waals surface area contributed by atoms with Crippen LogP contribution < -0.4 is 0 Å². The van der Waals surface area contributed by atoms with Crippen molar-refractivity contribution >= 4 is 5.91 Å². The molecule has 1 amide bonds. The lowest BCUT2D eigenvalue weighted by Crippen LogP contribution is -2.35. The van der Waals surface area contributed by atoms with Gasteiger partial charge in [-0.25, -0.2) is 0 Å². The van der Waals surface area contributed by atoms with Crippen molar-refractivity contribution in [1.29, 1.82) is 0 Å². The van der Waals surface area contributed by atoms with Crippen LogP contribution in [0.15, 0.2) is 11.1 Å². The lowest BCUT2D eigenvalue weighted by Gasteiger charge is -2.23. The first-order chi connectivity index (χ1) is 6.65. The first kappa shape index (κ1) is 9.71. The Morgan fingerprint density at radius 3 is 2.79 bits per heavy atom. The minimum Gasteiger partial charge on any atom is -0.377 e. The van der Waals surface area contributed by atoms with Crippen molar-refractivity contribution in [2.75, 3.05) is 13.7 Å². The Morgan fingerprint density at radius 2 is 2.21 bits per heavy atom. The molecule has 2 rings (SSSR count). The van der Waals surface area contributed by atoms with E-state index in [1.807, 2.05) is 4.90 Å². The largest absolute Gasteiger partial charge is 0.377 e. The standard InChI is InChI=1S/C11H17NO2/c1-7(2)12-6-9-8(11(12)13)4-5-10(9)14-3/h7,10H,4-6H2,1-3H3. The van der Waals surface area contributed by atoms with Crippen LogP contribution in [0.25, 0.3) is 0 Å². The van der Waals surface area contributed by atoms with Crippen LogP contribution in [0.3, 0.4) is 0 Å². The zero-order valence-corrected chi connectivity index (χ0v) is 9.04. The van der Waals surface area contributed by atoms with E-state index in [1.165, 1.54) is 5.57 Å². The number of likely N-dealkylation sites (tertiary alicyclic amines) is 1. The van der Waals surface area contributed by atoms with Gasteiger partial charge in [-0.05, 0) is 32.3 Å². The summed E-state index contributed by atoms with van der Waals surface area (Å²) in [5.74, 6) is 0.231. The second-order valence-corrected chi connectivity index (χ2v) is 4.29. The van der Waals surface area contributed by atoms with Crippen LogP contribution in [0.1, 0.15) is 26.7 Å². The molecule has 1 aliphatic heterocycles. The molecule has 0 aromatic carbocycles. The van der Waals surface area contributed by atoms with Gasteiger partial charge in [0.25, 0.3) is 0 Å². The molecule has 1 heterocycles. The topological polar surface area (TPSA) is 29.5 Å². The number of hydrogen-bond donors (Lipinski definition) is 0. The van der Waals surface area contributed by atoms with E-state index in [4.69, 9.17) is 4.74 Å². The SMILES string of the molecule is COC1CCC2=C1CN(C(C)C)C2=O. The molecule has 0 saturated heterocycles. The Bertz CT molecular complexity index is 294. The minimum absolute atomic E-state index is 0.192. The van der Waals surface area contributed by atoms with Crippen molar-refractivity contribution in [3.63, 3.8) is 0 Å². The maximum atomic E-state index is 11.9. The van der Waals surface area contributed by atoms with Gasteiger partial charge in [-0.2, -0.15) is 0 Å². The van der Waals surface area contributed by atoms with Crippen LogP contribution in [0.5, 0.6) is 0 Å². The van der Waals surface area contributed by atoms with E-state index in [2.05, 4.69) is 13.8 Å². The number of hydrogen-bond acceptors (Lipinski definition) is 2. The Kier molecular flexibility index (Phi) is 2.35. The van der Waals surface area contributed by atoms with Gasteiger partial charge in [0.2, 0.25) is 5.91 Å². The number of nitrogens with zero attached hydrogens (tertiary/aromatic N) is 1. The lowest BCUT2D eigenvalue weighted by molar-refractivity contribution is -0.127. The third-order valence-corrected chi connectivity index (χ3v) is 3.20. The van der Waals surface area contributed by atoms with Gasteiger partial charge in [0.05, 0.1) is 6.10 Å². The summed E-state index contributed by atoms with van der Waals surface area (Å²) in [6.07, 6.45) is 2.08. The molecule has 14 heavy (non-hydrogen) atoms. The number of ether oxygens (including phenoxy) is 1. The predicted molar refractivity (Wildman–Crippen MR) is 53.9 cm³/mol. The monoisotopic (exact) mass is 195 g/mol. The van der Waals surface area contributed by atoms with Crippen molar-refractivity contribution in [3.8, 4) is 0 Å². The van der Waals surface area contributed by atoms with Crippen molar-refractivity contribution in [3.05, 3.63) is 11.1 Å². The number of amides is 1. The number of carbonyl (C=O) groups excluding carboxylic acids is 1. The number of carbonyl (C=O) groups is 1. The molecule has 3 heteroatoms. The quantitative estimate of drug-likeness (QED) is 0.665. The third-order valence-electron chi connectivity index (χ3n) is 3.20. The molecule has 1 atom stereocenters. The first-order valence-electron chi connectivity index (χ1n) is 5.20. The Balaban J connectivity index is 2.19. The van der Waals surface area contributed by atoms with Crippen LogP contribution in [0, 0.1) is 0 Å². The van der Waals surface area contributed by atoms with E-state index in [0.29, 0.717) is 6.04 Å². The van der Waals surface area contributed by atoms with Crippen molar-refractivity contribution < 1.29 is 9.53 Å². The third kappa shape index (κ3) is 1.27. The average Bonchev–Trinajstić information content (AvgIpc) is 2.66. The molecule has 78 valence electrons. The highest BCUT2D eigenvalue weighted by molar-refractivity contribution is 5.98. The smallest absolute Gasteiger partial charge is 0.250 e. The molecular formula is C11H17NO2. The summed E-state index contributed by atoms with van der Waals surface area (Å²) < 4.78 is 5.36. The second kappa shape index (κ2) is 3.39. The summed E-state index contributed by atoms with van der Waals surface area (Å²) in [6, 6.07) is 0.297. The zero-order valence-electron chi connectivity index (χ0n) is 9.04. The van der Waals surface area contributed by atoms with Gasteiger partial charge in [-0.15, -0.1) is 0 Å². The van der Waals surface area contributed by atoms with Gasteiger partial charge in [-0.3, -0.25) is 4.79 Å². The summed E-state index contributed by atoms with van der Waals surface area (Å²) in [5, 5.41) is 0. The van der Waals surface area contributed by atoms with Gasteiger partial charge in [-0.1, -0.05) is 0 Å². The van der Waals surface area contributed by atoms with Gasteiger partial charge in [0.1, 0.15) is 0 Å². The van der Waals surface area contributed by atoms with Gasteiger partial charge < -0.3 is 9.64 Å². The van der Waals surface area contributed by atoms with E-state index in [0.717, 1.165) is 25.0 Å². The van der Waals surface area contributed by atoms with E-state index in [9.17, 15) is 4.79 Å². The van der Waals surface area contributed by atoms with E-state index in [-0.39, 0.29) is 12.0 Å². The fourth-order valence-corrected chi connectivity index (χ4v) is 2.35. The van der Waals surface area contributed by atoms with Crippen LogP contribution in [0.4, 0.5) is 0 Å². The van der Waals surface area contributed by atoms with Gasteiger partial charge in [0, 0.05) is 25.3 Å². The first-order valence-corrected chi connectivity index (χ1v) is 5.20.